The molecule has 1 aromatic rings. The van der Waals surface area contributed by atoms with E-state index in [9.17, 15) is 14.0 Å². The van der Waals surface area contributed by atoms with Gasteiger partial charge in [0.1, 0.15) is 4.32 Å². The van der Waals surface area contributed by atoms with Crippen LogP contribution in [0.2, 0.25) is 0 Å². The van der Waals surface area contributed by atoms with Gasteiger partial charge in [-0.05, 0) is 30.2 Å². The summed E-state index contributed by atoms with van der Waals surface area (Å²) in [5.41, 5.74) is 0.620. The van der Waals surface area contributed by atoms with Gasteiger partial charge in [0.2, 0.25) is 0 Å². The standard InChI is InChI=1S/C15H14FNO4S2/c1-21-11-7-9(4-5-10(11)16)8-12-14(20)17(15(22)23-12)6-2-3-13(18)19/h4-5,7-8H,2-3,6H2,1H3,(H,18,19). The van der Waals surface area contributed by atoms with E-state index in [2.05, 4.69) is 0 Å². The Morgan fingerprint density at radius 2 is 2.26 bits per heavy atom. The zero-order valence-electron chi connectivity index (χ0n) is 12.2. The van der Waals surface area contributed by atoms with E-state index in [0.29, 0.717) is 21.2 Å². The van der Waals surface area contributed by atoms with Gasteiger partial charge in [0, 0.05) is 13.0 Å². The molecule has 0 saturated carbocycles. The summed E-state index contributed by atoms with van der Waals surface area (Å²) in [7, 11) is 1.37. The van der Waals surface area contributed by atoms with Crippen molar-refractivity contribution in [2.24, 2.45) is 0 Å². The van der Waals surface area contributed by atoms with Crippen molar-refractivity contribution in [1.82, 2.24) is 4.90 Å². The first-order chi connectivity index (χ1) is 10.9. The Morgan fingerprint density at radius 1 is 1.52 bits per heavy atom. The average Bonchev–Trinajstić information content (AvgIpc) is 2.76. The van der Waals surface area contributed by atoms with E-state index in [1.807, 2.05) is 0 Å². The van der Waals surface area contributed by atoms with E-state index >= 15 is 0 Å². The molecule has 0 bridgehead atoms. The quantitative estimate of drug-likeness (QED) is 0.625. The lowest BCUT2D eigenvalue weighted by atomic mass is 10.2. The number of hydrogen-bond acceptors (Lipinski definition) is 5. The van der Waals surface area contributed by atoms with Crippen LogP contribution in [-0.4, -0.2) is 39.9 Å². The Bertz CT molecular complexity index is 690. The Hall–Kier alpha value is -1.93. The largest absolute Gasteiger partial charge is 0.494 e. The van der Waals surface area contributed by atoms with E-state index in [0.717, 1.165) is 11.8 Å². The summed E-state index contributed by atoms with van der Waals surface area (Å²) >= 11 is 6.29. The Kier molecular flexibility index (Phi) is 5.73. The summed E-state index contributed by atoms with van der Waals surface area (Å²) in [6, 6.07) is 4.29. The van der Waals surface area contributed by atoms with E-state index in [-0.39, 0.29) is 24.6 Å². The number of nitrogens with zero attached hydrogens (tertiary/aromatic N) is 1. The van der Waals surface area contributed by atoms with Gasteiger partial charge in [0.15, 0.2) is 11.6 Å². The zero-order chi connectivity index (χ0) is 17.0. The van der Waals surface area contributed by atoms with Gasteiger partial charge in [-0.25, -0.2) is 4.39 Å². The van der Waals surface area contributed by atoms with Gasteiger partial charge in [-0.1, -0.05) is 30.0 Å². The number of ether oxygens (including phenoxy) is 1. The number of carboxylic acids is 1. The predicted octanol–water partition coefficient (Wildman–Crippen LogP) is 2.90. The lowest BCUT2D eigenvalue weighted by Crippen LogP contribution is -2.29. The van der Waals surface area contributed by atoms with Crippen LogP contribution in [0, 0.1) is 5.82 Å². The Labute approximate surface area is 142 Å². The Morgan fingerprint density at radius 3 is 2.91 bits per heavy atom. The van der Waals surface area contributed by atoms with Crippen molar-refractivity contribution in [3.8, 4) is 5.75 Å². The molecule has 0 atom stereocenters. The van der Waals surface area contributed by atoms with Crippen molar-refractivity contribution in [2.45, 2.75) is 12.8 Å². The minimum Gasteiger partial charge on any atom is -0.494 e. The number of carbonyl (C=O) groups excluding carboxylic acids is 1. The molecule has 8 heteroatoms. The summed E-state index contributed by atoms with van der Waals surface area (Å²) in [6.45, 7) is 0.265. The van der Waals surface area contributed by atoms with Crippen LogP contribution in [0.25, 0.3) is 6.08 Å². The minimum atomic E-state index is -0.913. The molecule has 1 N–H and O–H groups in total. The highest BCUT2D eigenvalue weighted by molar-refractivity contribution is 8.26. The summed E-state index contributed by atoms with van der Waals surface area (Å²) in [5, 5.41) is 8.64. The van der Waals surface area contributed by atoms with E-state index in [4.69, 9.17) is 22.1 Å². The molecule has 5 nitrogen and oxygen atoms in total. The van der Waals surface area contributed by atoms with Crippen LogP contribution < -0.4 is 4.74 Å². The molecule has 1 aliphatic heterocycles. The van der Waals surface area contributed by atoms with Gasteiger partial charge in [-0.3, -0.25) is 14.5 Å². The van der Waals surface area contributed by atoms with Crippen molar-refractivity contribution in [3.05, 3.63) is 34.5 Å². The van der Waals surface area contributed by atoms with E-state index < -0.39 is 11.8 Å². The lowest BCUT2D eigenvalue weighted by molar-refractivity contribution is -0.137. The number of carboxylic acid groups (broad SMARTS) is 1. The van der Waals surface area contributed by atoms with Crippen LogP contribution in [-0.2, 0) is 9.59 Å². The van der Waals surface area contributed by atoms with Gasteiger partial charge >= 0.3 is 5.97 Å². The second-order valence-corrected chi connectivity index (χ2v) is 6.40. The smallest absolute Gasteiger partial charge is 0.303 e. The monoisotopic (exact) mass is 355 g/mol. The predicted molar refractivity (Wildman–Crippen MR) is 89.7 cm³/mol. The molecule has 1 saturated heterocycles. The highest BCUT2D eigenvalue weighted by Crippen LogP contribution is 2.33. The first-order valence-electron chi connectivity index (χ1n) is 6.73. The second kappa shape index (κ2) is 7.56. The summed E-state index contributed by atoms with van der Waals surface area (Å²) in [5.74, 6) is -1.57. The number of carbonyl (C=O) groups is 2. The lowest BCUT2D eigenvalue weighted by Gasteiger charge is -2.13. The van der Waals surface area contributed by atoms with Crippen molar-refractivity contribution >= 4 is 46.3 Å². The SMILES string of the molecule is COc1cc(C=C2SC(=S)N(CCCC(=O)O)C2=O)ccc1F. The van der Waals surface area contributed by atoms with Crippen LogP contribution in [0.5, 0.6) is 5.75 Å². The van der Waals surface area contributed by atoms with Crippen LogP contribution in [0.1, 0.15) is 18.4 Å². The number of thiocarbonyl (C=S) groups is 1. The fourth-order valence-electron chi connectivity index (χ4n) is 2.00. The number of rotatable bonds is 6. The van der Waals surface area contributed by atoms with E-state index in [1.165, 1.54) is 30.2 Å². The molecule has 1 aliphatic rings. The first kappa shape index (κ1) is 17.4. The molecular formula is C15H14FNO4S2. The molecule has 122 valence electrons. The average molecular weight is 355 g/mol. The maximum absolute atomic E-state index is 13.4. The molecule has 0 aromatic heterocycles. The number of benzene rings is 1. The molecule has 0 aliphatic carbocycles. The molecule has 1 heterocycles. The van der Waals surface area contributed by atoms with Gasteiger partial charge < -0.3 is 9.84 Å². The molecular weight excluding hydrogens is 341 g/mol. The molecule has 23 heavy (non-hydrogen) atoms. The highest BCUT2D eigenvalue weighted by Gasteiger charge is 2.31. The number of aliphatic carboxylic acids is 1. The number of hydrogen-bond donors (Lipinski definition) is 1. The second-order valence-electron chi connectivity index (χ2n) is 4.72. The summed E-state index contributed by atoms with van der Waals surface area (Å²) in [4.78, 5) is 24.6. The van der Waals surface area contributed by atoms with Crippen LogP contribution in [0.15, 0.2) is 23.1 Å². The third kappa shape index (κ3) is 4.29. The number of methoxy groups -OCH3 is 1. The van der Waals surface area contributed by atoms with E-state index in [1.54, 1.807) is 6.08 Å². The zero-order valence-corrected chi connectivity index (χ0v) is 13.9. The fourth-order valence-corrected chi connectivity index (χ4v) is 3.31. The molecule has 2 rings (SSSR count). The van der Waals surface area contributed by atoms with Crippen molar-refractivity contribution < 1.29 is 23.8 Å². The molecule has 1 fully saturated rings. The molecule has 0 unspecified atom stereocenters. The fraction of sp³-hybridized carbons (Fsp3) is 0.267. The molecule has 1 amide bonds. The van der Waals surface area contributed by atoms with Crippen molar-refractivity contribution in [3.63, 3.8) is 0 Å². The van der Waals surface area contributed by atoms with Crippen LogP contribution >= 0.6 is 24.0 Å². The molecule has 0 radical (unpaired) electrons. The number of amides is 1. The van der Waals surface area contributed by atoms with Gasteiger partial charge in [0.25, 0.3) is 5.91 Å². The summed E-state index contributed by atoms with van der Waals surface area (Å²) < 4.78 is 18.7. The maximum atomic E-state index is 13.4. The molecule has 1 aromatic carbocycles. The van der Waals surface area contributed by atoms with Crippen molar-refractivity contribution in [2.75, 3.05) is 13.7 Å². The van der Waals surface area contributed by atoms with Crippen LogP contribution in [0.4, 0.5) is 4.39 Å². The number of thioether (sulfide) groups is 1. The number of halogens is 1. The molecule has 0 spiro atoms. The van der Waals surface area contributed by atoms with Gasteiger partial charge in [-0.15, -0.1) is 0 Å². The topological polar surface area (TPSA) is 66.8 Å². The maximum Gasteiger partial charge on any atom is 0.303 e. The van der Waals surface area contributed by atoms with Crippen molar-refractivity contribution in [1.29, 1.82) is 0 Å². The van der Waals surface area contributed by atoms with Gasteiger partial charge in [-0.2, -0.15) is 0 Å². The summed E-state index contributed by atoms with van der Waals surface area (Å²) in [6.07, 6.45) is 1.92. The Balaban J connectivity index is 2.13. The third-order valence-electron chi connectivity index (χ3n) is 3.12. The van der Waals surface area contributed by atoms with Crippen LogP contribution in [0.3, 0.4) is 0 Å². The highest BCUT2D eigenvalue weighted by atomic mass is 32.2. The third-order valence-corrected chi connectivity index (χ3v) is 4.50. The van der Waals surface area contributed by atoms with Gasteiger partial charge in [0.05, 0.1) is 12.0 Å². The minimum absolute atomic E-state index is 0.0226. The first-order valence-corrected chi connectivity index (χ1v) is 7.95. The normalized spacial score (nSPS) is 16.3.